The number of benzene rings is 1. The number of likely N-dealkylation sites (tertiary alicyclic amines) is 1. The Kier molecular flexibility index (Phi) is 5.23. The Morgan fingerprint density at radius 1 is 1.19 bits per heavy atom. The Morgan fingerprint density at radius 2 is 1.96 bits per heavy atom. The lowest BCUT2D eigenvalue weighted by atomic mass is 9.94. The lowest BCUT2D eigenvalue weighted by Crippen LogP contribution is -2.45. The summed E-state index contributed by atoms with van der Waals surface area (Å²) in [5.41, 5.74) is 2.35. The van der Waals surface area contributed by atoms with Crippen LogP contribution in [0, 0.1) is 5.92 Å². The predicted octanol–water partition coefficient (Wildman–Crippen LogP) is 1.73. The Morgan fingerprint density at radius 3 is 2.70 bits per heavy atom. The molecule has 4 rings (SSSR count). The summed E-state index contributed by atoms with van der Waals surface area (Å²) in [5, 5.41) is 4.30. The lowest BCUT2D eigenvalue weighted by Gasteiger charge is -2.34. The molecule has 2 fully saturated rings. The normalized spacial score (nSPS) is 23.6. The number of carbonyl (C=O) groups is 1. The Labute approximate surface area is 160 Å². The van der Waals surface area contributed by atoms with Crippen molar-refractivity contribution in [2.75, 3.05) is 31.1 Å². The third kappa shape index (κ3) is 4.19. The number of rotatable bonds is 5. The molecule has 0 spiro atoms. The van der Waals surface area contributed by atoms with Crippen molar-refractivity contribution in [1.82, 2.24) is 15.2 Å². The zero-order valence-electron chi connectivity index (χ0n) is 15.5. The Balaban J connectivity index is 1.23. The van der Waals surface area contributed by atoms with E-state index >= 15 is 0 Å². The van der Waals surface area contributed by atoms with Crippen LogP contribution in [0.2, 0.25) is 0 Å². The summed E-state index contributed by atoms with van der Waals surface area (Å²) in [6.07, 6.45) is 5.20. The smallest absolute Gasteiger partial charge is 0.223 e. The molecule has 1 aromatic carbocycles. The number of piperidine rings is 1. The maximum atomic E-state index is 12.5. The van der Waals surface area contributed by atoms with E-state index in [1.165, 1.54) is 10.9 Å². The second-order valence-electron chi connectivity index (χ2n) is 7.77. The first kappa shape index (κ1) is 18.5. The number of para-hydroxylation sites is 1. The van der Waals surface area contributed by atoms with Gasteiger partial charge < -0.3 is 10.3 Å². The number of amides is 1. The van der Waals surface area contributed by atoms with Gasteiger partial charge in [0.2, 0.25) is 5.91 Å². The summed E-state index contributed by atoms with van der Waals surface area (Å²) in [5.74, 6) is 0.774. The maximum Gasteiger partial charge on any atom is 0.223 e. The number of carbonyl (C=O) groups excluding carboxylic acids is 1. The lowest BCUT2D eigenvalue weighted by molar-refractivity contribution is -0.126. The molecule has 2 aromatic rings. The van der Waals surface area contributed by atoms with Gasteiger partial charge >= 0.3 is 0 Å². The van der Waals surface area contributed by atoms with Gasteiger partial charge in [-0.15, -0.1) is 0 Å². The van der Waals surface area contributed by atoms with Crippen LogP contribution < -0.4 is 5.32 Å². The molecule has 146 valence electrons. The third-order valence-electron chi connectivity index (χ3n) is 5.99. The number of fused-ring (bicyclic) bond motifs is 1. The van der Waals surface area contributed by atoms with E-state index in [0.717, 1.165) is 44.3 Å². The van der Waals surface area contributed by atoms with Crippen molar-refractivity contribution in [2.24, 2.45) is 5.92 Å². The first-order valence-corrected chi connectivity index (χ1v) is 11.6. The molecule has 0 unspecified atom stereocenters. The average molecular weight is 390 g/mol. The van der Waals surface area contributed by atoms with E-state index in [4.69, 9.17) is 0 Å². The Bertz CT molecular complexity index is 913. The van der Waals surface area contributed by atoms with Gasteiger partial charge in [0.05, 0.1) is 11.5 Å². The third-order valence-corrected chi connectivity index (χ3v) is 7.74. The van der Waals surface area contributed by atoms with Crippen LogP contribution in [0.4, 0.5) is 0 Å². The van der Waals surface area contributed by atoms with Crippen molar-refractivity contribution in [2.45, 2.75) is 31.7 Å². The average Bonchev–Trinajstić information content (AvgIpc) is 3.25. The standard InChI is InChI=1S/C20H27N3O3S/c24-20(21-9-5-16-13-22-19-4-2-1-3-18(16)19)15-6-10-23(11-7-15)17-8-12-27(25,26)14-17/h1-4,13,15,17,22H,5-12,14H2,(H,21,24)/t17-/m0/s1. The highest BCUT2D eigenvalue weighted by molar-refractivity contribution is 7.91. The second kappa shape index (κ2) is 7.64. The summed E-state index contributed by atoms with van der Waals surface area (Å²) in [6.45, 7) is 2.28. The van der Waals surface area contributed by atoms with Gasteiger partial charge in [-0.2, -0.15) is 0 Å². The van der Waals surface area contributed by atoms with E-state index in [1.54, 1.807) is 0 Å². The SMILES string of the molecule is O=C(NCCc1c[nH]c2ccccc12)C1CCN([C@H]2CCS(=O)(=O)C2)CC1. The van der Waals surface area contributed by atoms with E-state index in [-0.39, 0.29) is 23.6 Å². The molecule has 2 aliphatic heterocycles. The number of H-pyrrole nitrogens is 1. The summed E-state index contributed by atoms with van der Waals surface area (Å²) >= 11 is 0. The minimum absolute atomic E-state index is 0.0437. The van der Waals surface area contributed by atoms with Gasteiger partial charge in [-0.1, -0.05) is 18.2 Å². The molecule has 27 heavy (non-hydrogen) atoms. The molecule has 0 aliphatic carbocycles. The first-order valence-electron chi connectivity index (χ1n) is 9.79. The molecule has 6 nitrogen and oxygen atoms in total. The van der Waals surface area contributed by atoms with Crippen LogP contribution in [0.5, 0.6) is 0 Å². The molecule has 1 aromatic heterocycles. The van der Waals surface area contributed by atoms with E-state index in [9.17, 15) is 13.2 Å². The van der Waals surface area contributed by atoms with E-state index in [2.05, 4.69) is 27.3 Å². The van der Waals surface area contributed by atoms with Crippen molar-refractivity contribution < 1.29 is 13.2 Å². The fourth-order valence-corrected chi connectivity index (χ4v) is 6.15. The van der Waals surface area contributed by atoms with Crippen molar-refractivity contribution >= 4 is 26.6 Å². The van der Waals surface area contributed by atoms with Crippen LogP contribution in [-0.2, 0) is 21.1 Å². The molecular weight excluding hydrogens is 362 g/mol. The molecule has 1 amide bonds. The second-order valence-corrected chi connectivity index (χ2v) is 10.00. The molecule has 1 atom stereocenters. The van der Waals surface area contributed by atoms with Gasteiger partial charge in [-0.25, -0.2) is 8.42 Å². The highest BCUT2D eigenvalue weighted by atomic mass is 32.2. The van der Waals surface area contributed by atoms with Gasteiger partial charge in [0.1, 0.15) is 0 Å². The fourth-order valence-electron chi connectivity index (χ4n) is 4.39. The number of hydrogen-bond acceptors (Lipinski definition) is 4. The quantitative estimate of drug-likeness (QED) is 0.816. The molecule has 0 saturated carbocycles. The minimum atomic E-state index is -2.85. The summed E-state index contributed by atoms with van der Waals surface area (Å²) < 4.78 is 23.3. The molecule has 3 heterocycles. The number of aromatic nitrogens is 1. The zero-order valence-corrected chi connectivity index (χ0v) is 16.3. The largest absolute Gasteiger partial charge is 0.361 e. The van der Waals surface area contributed by atoms with Gasteiger partial charge in [0.15, 0.2) is 9.84 Å². The Hall–Kier alpha value is -1.86. The van der Waals surface area contributed by atoms with Gasteiger partial charge in [0, 0.05) is 35.6 Å². The number of sulfone groups is 1. The zero-order chi connectivity index (χ0) is 18.9. The highest BCUT2D eigenvalue weighted by Crippen LogP contribution is 2.24. The summed E-state index contributed by atoms with van der Waals surface area (Å²) in [7, 11) is -2.85. The number of aromatic amines is 1. The van der Waals surface area contributed by atoms with Crippen molar-refractivity contribution in [1.29, 1.82) is 0 Å². The van der Waals surface area contributed by atoms with Crippen LogP contribution in [-0.4, -0.2) is 61.4 Å². The molecule has 2 aliphatic rings. The predicted molar refractivity (Wildman–Crippen MR) is 106 cm³/mol. The van der Waals surface area contributed by atoms with Crippen molar-refractivity contribution in [3.63, 3.8) is 0 Å². The van der Waals surface area contributed by atoms with Crippen LogP contribution in [0.1, 0.15) is 24.8 Å². The number of nitrogens with one attached hydrogen (secondary N) is 2. The van der Waals surface area contributed by atoms with Crippen LogP contribution >= 0.6 is 0 Å². The molecular formula is C20H27N3O3S. The minimum Gasteiger partial charge on any atom is -0.361 e. The first-order chi connectivity index (χ1) is 13.0. The van der Waals surface area contributed by atoms with Crippen LogP contribution in [0.15, 0.2) is 30.5 Å². The fraction of sp³-hybridized carbons (Fsp3) is 0.550. The molecule has 0 radical (unpaired) electrons. The van der Waals surface area contributed by atoms with Crippen LogP contribution in [0.25, 0.3) is 10.9 Å². The van der Waals surface area contributed by atoms with E-state index < -0.39 is 9.84 Å². The molecule has 7 heteroatoms. The maximum absolute atomic E-state index is 12.5. The monoisotopic (exact) mass is 389 g/mol. The van der Waals surface area contributed by atoms with Gasteiger partial charge in [0.25, 0.3) is 0 Å². The molecule has 2 N–H and O–H groups in total. The number of nitrogens with zero attached hydrogens (tertiary/aromatic N) is 1. The summed E-state index contributed by atoms with van der Waals surface area (Å²) in [6, 6.07) is 8.35. The highest BCUT2D eigenvalue weighted by Gasteiger charge is 2.35. The van der Waals surface area contributed by atoms with Crippen LogP contribution in [0.3, 0.4) is 0 Å². The molecule has 2 saturated heterocycles. The van der Waals surface area contributed by atoms with Crippen molar-refractivity contribution in [3.8, 4) is 0 Å². The van der Waals surface area contributed by atoms with Crippen molar-refractivity contribution in [3.05, 3.63) is 36.0 Å². The van der Waals surface area contributed by atoms with Gasteiger partial charge in [-0.3, -0.25) is 9.69 Å². The summed E-state index contributed by atoms with van der Waals surface area (Å²) in [4.78, 5) is 18.0. The number of hydrogen-bond donors (Lipinski definition) is 2. The molecule has 0 bridgehead atoms. The van der Waals surface area contributed by atoms with E-state index in [0.29, 0.717) is 12.3 Å². The van der Waals surface area contributed by atoms with Gasteiger partial charge in [-0.05, 0) is 50.4 Å². The van der Waals surface area contributed by atoms with E-state index in [1.807, 2.05) is 18.3 Å². The topological polar surface area (TPSA) is 82.3 Å².